The molecule has 4 rings (SSSR count). The summed E-state index contributed by atoms with van der Waals surface area (Å²) in [5.74, 6) is -0.231. The van der Waals surface area contributed by atoms with Crippen molar-refractivity contribution >= 4 is 11.7 Å². The van der Waals surface area contributed by atoms with Crippen LogP contribution in [0.5, 0.6) is 0 Å². The fourth-order valence-electron chi connectivity index (χ4n) is 5.97. The molecule has 0 amide bonds. The summed E-state index contributed by atoms with van der Waals surface area (Å²) < 4.78 is 46.4. The fraction of sp³-hybridized carbons (Fsp3) is 0.548. The number of carbonyl (C=O) groups is 1. The standard InChI is InChI=1S/C31H39F3N2O3/c1-21(24-11-6-13-27-26(24)12-7-14-29(27)35-18-8-15-30(37)38-2)36-39-20-22-16-17-25(23-9-4-3-5-10-23)28(19-22)31(32,33)34/h6,11,13,16-17,19,23,29,35H,3-5,7-10,12,14-15,18,20H2,1-2H3/b36-21+. The van der Waals surface area contributed by atoms with Gasteiger partial charge in [-0.3, -0.25) is 4.79 Å². The van der Waals surface area contributed by atoms with E-state index in [-0.39, 0.29) is 24.5 Å². The Labute approximate surface area is 229 Å². The minimum absolute atomic E-state index is 0.0230. The van der Waals surface area contributed by atoms with Gasteiger partial charge >= 0.3 is 12.1 Å². The molecule has 2 aromatic rings. The number of ether oxygens (including phenoxy) is 1. The third-order valence-electron chi connectivity index (χ3n) is 7.97. The number of nitrogens with one attached hydrogen (secondary N) is 1. The highest BCUT2D eigenvalue weighted by molar-refractivity contribution is 6.00. The van der Waals surface area contributed by atoms with Crippen LogP contribution in [-0.4, -0.2) is 25.3 Å². The molecule has 0 bridgehead atoms. The maximum absolute atomic E-state index is 13.9. The summed E-state index contributed by atoms with van der Waals surface area (Å²) in [6.45, 7) is 2.57. The van der Waals surface area contributed by atoms with E-state index in [1.807, 2.05) is 19.1 Å². The Hall–Kier alpha value is -2.87. The van der Waals surface area contributed by atoms with Crippen LogP contribution in [0.15, 0.2) is 41.6 Å². The van der Waals surface area contributed by atoms with Crippen LogP contribution in [-0.2, 0) is 33.6 Å². The third-order valence-corrected chi connectivity index (χ3v) is 7.97. The van der Waals surface area contributed by atoms with Crippen LogP contribution in [0.1, 0.15) is 110 Å². The molecular formula is C31H39F3N2O3. The molecule has 1 saturated carbocycles. The van der Waals surface area contributed by atoms with Crippen LogP contribution in [0.25, 0.3) is 0 Å². The van der Waals surface area contributed by atoms with Gasteiger partial charge in [0.25, 0.3) is 0 Å². The zero-order valence-electron chi connectivity index (χ0n) is 22.9. The van der Waals surface area contributed by atoms with Gasteiger partial charge in [-0.25, -0.2) is 0 Å². The van der Waals surface area contributed by atoms with Crippen molar-refractivity contribution in [2.45, 2.75) is 95.9 Å². The summed E-state index contributed by atoms with van der Waals surface area (Å²) in [5, 5.41) is 7.86. The van der Waals surface area contributed by atoms with E-state index in [2.05, 4.69) is 16.5 Å². The van der Waals surface area contributed by atoms with Crippen molar-refractivity contribution in [2.75, 3.05) is 13.7 Å². The molecule has 0 aromatic heterocycles. The Morgan fingerprint density at radius 3 is 2.59 bits per heavy atom. The molecule has 0 spiro atoms. The quantitative estimate of drug-likeness (QED) is 0.145. The third kappa shape index (κ3) is 7.62. The number of hydrogen-bond donors (Lipinski definition) is 1. The summed E-state index contributed by atoms with van der Waals surface area (Å²) in [5.41, 5.74) is 4.47. The topological polar surface area (TPSA) is 59.9 Å². The van der Waals surface area contributed by atoms with Crippen molar-refractivity contribution in [3.63, 3.8) is 0 Å². The van der Waals surface area contributed by atoms with E-state index in [0.717, 1.165) is 63.5 Å². The minimum Gasteiger partial charge on any atom is -0.469 e. The van der Waals surface area contributed by atoms with Gasteiger partial charge in [0.15, 0.2) is 0 Å². The molecule has 0 heterocycles. The summed E-state index contributed by atoms with van der Waals surface area (Å²) in [6.07, 6.45) is 4.36. The van der Waals surface area contributed by atoms with Gasteiger partial charge < -0.3 is 14.9 Å². The predicted molar refractivity (Wildman–Crippen MR) is 146 cm³/mol. The molecule has 2 aliphatic rings. The van der Waals surface area contributed by atoms with Gasteiger partial charge in [0.2, 0.25) is 0 Å². The Balaban J connectivity index is 1.42. The highest BCUT2D eigenvalue weighted by Crippen LogP contribution is 2.41. The van der Waals surface area contributed by atoms with Crippen LogP contribution >= 0.6 is 0 Å². The van der Waals surface area contributed by atoms with Gasteiger partial charge in [-0.15, -0.1) is 0 Å². The molecule has 39 heavy (non-hydrogen) atoms. The summed E-state index contributed by atoms with van der Waals surface area (Å²) >= 11 is 0. The Morgan fingerprint density at radius 1 is 1.05 bits per heavy atom. The van der Waals surface area contributed by atoms with E-state index >= 15 is 0 Å². The van der Waals surface area contributed by atoms with Crippen molar-refractivity contribution < 1.29 is 27.5 Å². The van der Waals surface area contributed by atoms with Crippen LogP contribution in [0, 0.1) is 0 Å². The van der Waals surface area contributed by atoms with Gasteiger partial charge in [-0.1, -0.05) is 54.8 Å². The van der Waals surface area contributed by atoms with Gasteiger partial charge in [0.1, 0.15) is 6.61 Å². The highest BCUT2D eigenvalue weighted by Gasteiger charge is 2.35. The first-order chi connectivity index (χ1) is 18.8. The Morgan fingerprint density at radius 2 is 1.85 bits per heavy atom. The summed E-state index contributed by atoms with van der Waals surface area (Å²) in [6, 6.07) is 10.9. The average molecular weight is 545 g/mol. The lowest BCUT2D eigenvalue weighted by molar-refractivity contribution is -0.141. The SMILES string of the molecule is COC(=O)CCCNC1CCCc2c(/C(C)=N/OCc3ccc(C4CCCCC4)c(C(F)(F)F)c3)cccc21. The average Bonchev–Trinajstić information content (AvgIpc) is 2.94. The lowest BCUT2D eigenvalue weighted by Gasteiger charge is -2.28. The normalized spacial score (nSPS) is 18.5. The van der Waals surface area contributed by atoms with Crippen molar-refractivity contribution in [1.82, 2.24) is 5.32 Å². The minimum atomic E-state index is -4.39. The van der Waals surface area contributed by atoms with Gasteiger partial charge in [0, 0.05) is 18.0 Å². The zero-order chi connectivity index (χ0) is 27.8. The first kappa shape index (κ1) is 29.1. The van der Waals surface area contributed by atoms with E-state index in [0.29, 0.717) is 29.7 Å². The van der Waals surface area contributed by atoms with Gasteiger partial charge in [-0.2, -0.15) is 13.2 Å². The van der Waals surface area contributed by atoms with Crippen LogP contribution in [0.4, 0.5) is 13.2 Å². The van der Waals surface area contributed by atoms with Gasteiger partial charge in [-0.05, 0) is 86.2 Å². The molecule has 1 unspecified atom stereocenters. The Bertz CT molecular complexity index is 1160. The second kappa shape index (κ2) is 13.5. The summed E-state index contributed by atoms with van der Waals surface area (Å²) in [7, 11) is 1.40. The second-order valence-corrected chi connectivity index (χ2v) is 10.7. The lowest BCUT2D eigenvalue weighted by atomic mass is 9.81. The monoisotopic (exact) mass is 544 g/mol. The number of carbonyl (C=O) groups excluding carboxylic acids is 1. The van der Waals surface area contributed by atoms with Crippen molar-refractivity contribution in [1.29, 1.82) is 0 Å². The lowest BCUT2D eigenvalue weighted by Crippen LogP contribution is -2.27. The molecule has 0 radical (unpaired) electrons. The van der Waals surface area contributed by atoms with Crippen molar-refractivity contribution in [2.24, 2.45) is 5.16 Å². The number of alkyl halides is 3. The van der Waals surface area contributed by atoms with Gasteiger partial charge in [0.05, 0.1) is 18.4 Å². The number of methoxy groups -OCH3 is 1. The van der Waals surface area contributed by atoms with Crippen molar-refractivity contribution in [3.8, 4) is 0 Å². The number of fused-ring (bicyclic) bond motifs is 1. The Kier molecular flexibility index (Phi) is 10.1. The maximum atomic E-state index is 13.9. The van der Waals surface area contributed by atoms with E-state index in [9.17, 15) is 18.0 Å². The molecule has 5 nitrogen and oxygen atoms in total. The molecule has 1 N–H and O–H groups in total. The van der Waals surface area contributed by atoms with E-state index < -0.39 is 11.7 Å². The molecule has 0 saturated heterocycles. The number of esters is 1. The highest BCUT2D eigenvalue weighted by atomic mass is 19.4. The fourth-order valence-corrected chi connectivity index (χ4v) is 5.97. The number of hydrogen-bond acceptors (Lipinski definition) is 5. The van der Waals surface area contributed by atoms with E-state index in [4.69, 9.17) is 9.57 Å². The maximum Gasteiger partial charge on any atom is 0.416 e. The molecule has 2 aliphatic carbocycles. The van der Waals surface area contributed by atoms with Crippen LogP contribution in [0.3, 0.4) is 0 Å². The number of oxime groups is 1. The summed E-state index contributed by atoms with van der Waals surface area (Å²) in [4.78, 5) is 17.0. The first-order valence-corrected chi connectivity index (χ1v) is 14.1. The smallest absolute Gasteiger partial charge is 0.416 e. The molecule has 0 aliphatic heterocycles. The predicted octanol–water partition coefficient (Wildman–Crippen LogP) is 7.61. The molecule has 1 fully saturated rings. The molecule has 8 heteroatoms. The van der Waals surface area contributed by atoms with Crippen molar-refractivity contribution in [3.05, 3.63) is 69.8 Å². The van der Waals surface area contributed by atoms with E-state index in [1.54, 1.807) is 12.1 Å². The molecule has 2 aromatic carbocycles. The number of nitrogens with zero attached hydrogens (tertiary/aromatic N) is 1. The zero-order valence-corrected chi connectivity index (χ0v) is 22.9. The first-order valence-electron chi connectivity index (χ1n) is 14.1. The number of benzene rings is 2. The largest absolute Gasteiger partial charge is 0.469 e. The molecule has 1 atom stereocenters. The van der Waals surface area contributed by atoms with Crippen LogP contribution < -0.4 is 5.32 Å². The second-order valence-electron chi connectivity index (χ2n) is 10.7. The number of halogens is 3. The number of rotatable bonds is 10. The molecular weight excluding hydrogens is 505 g/mol. The molecule has 212 valence electrons. The van der Waals surface area contributed by atoms with Crippen LogP contribution in [0.2, 0.25) is 0 Å². The van der Waals surface area contributed by atoms with E-state index in [1.165, 1.54) is 24.3 Å².